The highest BCUT2D eigenvalue weighted by atomic mass is 35.5. The largest absolute Gasteiger partial charge is 0.486 e. The van der Waals surface area contributed by atoms with Gasteiger partial charge in [0.05, 0.1) is 6.10 Å². The van der Waals surface area contributed by atoms with Gasteiger partial charge in [0.15, 0.2) is 5.78 Å². The summed E-state index contributed by atoms with van der Waals surface area (Å²) in [4.78, 5) is 14.8. The van der Waals surface area contributed by atoms with Crippen molar-refractivity contribution < 1.29 is 14.6 Å². The van der Waals surface area contributed by atoms with E-state index in [4.69, 9.17) is 16.3 Å². The second-order valence-corrected chi connectivity index (χ2v) is 11.6. The first-order valence-electron chi connectivity index (χ1n) is 13.2. The van der Waals surface area contributed by atoms with E-state index in [0.29, 0.717) is 11.6 Å². The highest BCUT2D eigenvalue weighted by Gasteiger charge is 2.26. The van der Waals surface area contributed by atoms with E-state index in [1.54, 1.807) is 0 Å². The van der Waals surface area contributed by atoms with E-state index in [1.165, 1.54) is 16.7 Å². The van der Waals surface area contributed by atoms with Crippen LogP contribution in [-0.4, -0.2) is 35.0 Å². The van der Waals surface area contributed by atoms with Crippen LogP contribution in [0.3, 0.4) is 0 Å². The second kappa shape index (κ2) is 13.6. The molecular weight excluding hydrogens is 517 g/mol. The molecule has 0 aromatic heterocycles. The number of fused-ring (bicyclic) bond motifs is 1. The number of aliphatic hydroxyl groups excluding tert-OH is 1. The van der Waals surface area contributed by atoms with Crippen molar-refractivity contribution >= 4 is 29.8 Å². The van der Waals surface area contributed by atoms with Crippen LogP contribution >= 0.6 is 24.0 Å². The number of hydrogen-bond donors (Lipinski definition) is 1. The number of benzene rings is 3. The predicted octanol–water partition coefficient (Wildman–Crippen LogP) is 7.24. The van der Waals surface area contributed by atoms with Gasteiger partial charge in [-0.15, -0.1) is 12.4 Å². The molecule has 0 fully saturated rings. The zero-order valence-electron chi connectivity index (χ0n) is 22.5. The van der Waals surface area contributed by atoms with Gasteiger partial charge < -0.3 is 9.84 Å². The molecule has 1 N–H and O–H groups in total. The minimum Gasteiger partial charge on any atom is -0.486 e. The number of hydrogen-bond acceptors (Lipinski definition) is 4. The smallest absolute Gasteiger partial charge is 0.175 e. The van der Waals surface area contributed by atoms with Crippen molar-refractivity contribution in [2.45, 2.75) is 65.1 Å². The Hall–Kier alpha value is -2.37. The van der Waals surface area contributed by atoms with Crippen LogP contribution in [0.15, 0.2) is 72.8 Å². The zero-order chi connectivity index (χ0) is 26.4. The topological polar surface area (TPSA) is 49.8 Å². The average molecular weight is 557 g/mol. The quantitative estimate of drug-likeness (QED) is 0.283. The fourth-order valence-corrected chi connectivity index (χ4v) is 5.09. The number of rotatable bonds is 9. The number of aryl methyl sites for hydroxylation is 1. The Kier molecular flexibility index (Phi) is 10.8. The summed E-state index contributed by atoms with van der Waals surface area (Å²) in [5.41, 5.74) is 4.24. The summed E-state index contributed by atoms with van der Waals surface area (Å²) in [6.45, 7) is 7.11. The van der Waals surface area contributed by atoms with Crippen LogP contribution in [0.1, 0.15) is 62.0 Å². The van der Waals surface area contributed by atoms with E-state index in [9.17, 15) is 9.90 Å². The molecule has 0 saturated carbocycles. The molecule has 1 aliphatic carbocycles. The number of carbonyl (C=O) groups is 1. The van der Waals surface area contributed by atoms with Crippen molar-refractivity contribution in [3.63, 3.8) is 0 Å². The summed E-state index contributed by atoms with van der Waals surface area (Å²) in [6, 6.07) is 24.4. The molecule has 2 atom stereocenters. The highest BCUT2D eigenvalue weighted by Crippen LogP contribution is 2.30. The molecule has 1 aliphatic rings. The first kappa shape index (κ1) is 30.2. The van der Waals surface area contributed by atoms with Gasteiger partial charge in [0.1, 0.15) is 12.4 Å². The molecule has 0 aliphatic heterocycles. The lowest BCUT2D eigenvalue weighted by Gasteiger charge is -2.33. The lowest BCUT2D eigenvalue weighted by Crippen LogP contribution is -2.39. The molecule has 0 amide bonds. The van der Waals surface area contributed by atoms with E-state index >= 15 is 0 Å². The maximum Gasteiger partial charge on any atom is 0.175 e. The maximum absolute atomic E-state index is 12.4. The second-order valence-electron chi connectivity index (χ2n) is 11.1. The molecule has 0 radical (unpaired) electrons. The summed E-state index contributed by atoms with van der Waals surface area (Å²) >= 11 is 6.21. The van der Waals surface area contributed by atoms with Gasteiger partial charge in [-0.1, -0.05) is 80.9 Å². The molecule has 0 bridgehead atoms. The summed E-state index contributed by atoms with van der Waals surface area (Å²) in [7, 11) is 0. The van der Waals surface area contributed by atoms with E-state index in [1.807, 2.05) is 57.2 Å². The van der Waals surface area contributed by atoms with Gasteiger partial charge >= 0.3 is 0 Å². The third kappa shape index (κ3) is 8.31. The Labute approximate surface area is 238 Å². The molecule has 6 heteroatoms. The van der Waals surface area contributed by atoms with Crippen LogP contribution in [0.4, 0.5) is 0 Å². The Balaban J connectivity index is 0.00000400. The molecule has 38 heavy (non-hydrogen) atoms. The fraction of sp³-hybridized carbons (Fsp3) is 0.406. The molecule has 4 rings (SSSR count). The monoisotopic (exact) mass is 555 g/mol. The summed E-state index contributed by atoms with van der Waals surface area (Å²) in [5.74, 6) is 0.829. The van der Waals surface area contributed by atoms with Crippen molar-refractivity contribution in [2.75, 3.05) is 13.2 Å². The third-order valence-electron chi connectivity index (χ3n) is 7.21. The normalized spacial score (nSPS) is 16.2. The van der Waals surface area contributed by atoms with Crippen LogP contribution in [0.5, 0.6) is 5.75 Å². The van der Waals surface area contributed by atoms with Gasteiger partial charge in [0, 0.05) is 29.6 Å². The number of ketones is 1. The molecule has 0 heterocycles. The van der Waals surface area contributed by atoms with Crippen LogP contribution in [0, 0.1) is 5.41 Å². The molecule has 204 valence electrons. The predicted molar refractivity (Wildman–Crippen MR) is 157 cm³/mol. The molecule has 2 unspecified atom stereocenters. The van der Waals surface area contributed by atoms with Crippen molar-refractivity contribution in [1.82, 2.24) is 4.90 Å². The van der Waals surface area contributed by atoms with Crippen molar-refractivity contribution in [2.24, 2.45) is 5.41 Å². The van der Waals surface area contributed by atoms with Gasteiger partial charge in [-0.2, -0.15) is 0 Å². The van der Waals surface area contributed by atoms with Crippen LogP contribution in [0.2, 0.25) is 5.02 Å². The lowest BCUT2D eigenvalue weighted by molar-refractivity contribution is -0.128. The number of halogens is 2. The van der Waals surface area contributed by atoms with Gasteiger partial charge in [0.2, 0.25) is 0 Å². The molecule has 3 aromatic carbocycles. The zero-order valence-corrected chi connectivity index (χ0v) is 24.1. The Morgan fingerprint density at radius 2 is 1.82 bits per heavy atom. The number of nitrogens with zero attached hydrogens (tertiary/aromatic N) is 1. The molecular formula is C32H39Cl2NO3. The average Bonchev–Trinajstić information content (AvgIpc) is 3.09. The van der Waals surface area contributed by atoms with E-state index in [0.717, 1.165) is 43.5 Å². The lowest BCUT2D eigenvalue weighted by atomic mass is 9.91. The van der Waals surface area contributed by atoms with Gasteiger partial charge in [0.25, 0.3) is 0 Å². The van der Waals surface area contributed by atoms with Gasteiger partial charge in [-0.05, 0) is 72.2 Å². The van der Waals surface area contributed by atoms with Crippen molar-refractivity contribution in [3.8, 4) is 5.75 Å². The Morgan fingerprint density at radius 3 is 2.53 bits per heavy atom. The minimum absolute atomic E-state index is 0. The standard InChI is InChI=1S/C32H38ClNO3.ClH/c1-32(2,3)31(36)22-37-29-16-15-24-11-8-14-28(18-26(24)19-29)34(20-23-9-5-4-6-10-23)21-30(35)25-12-7-13-27(33)17-25;/h4-7,9-10,12-13,15-17,19,28,30,35H,8,11,14,18,20-22H2,1-3H3;1H. The van der Waals surface area contributed by atoms with Crippen molar-refractivity contribution in [3.05, 3.63) is 100 Å². The number of Topliss-reactive ketones (excluding diaryl/α,β-unsaturated/α-hetero) is 1. The van der Waals surface area contributed by atoms with Crippen LogP contribution < -0.4 is 4.74 Å². The Bertz CT molecular complexity index is 1190. The molecule has 0 spiro atoms. The maximum atomic E-state index is 12.4. The highest BCUT2D eigenvalue weighted by molar-refractivity contribution is 6.30. The minimum atomic E-state index is -0.636. The fourth-order valence-electron chi connectivity index (χ4n) is 4.89. The molecule has 3 aromatic rings. The van der Waals surface area contributed by atoms with Gasteiger partial charge in [-0.3, -0.25) is 9.69 Å². The third-order valence-corrected chi connectivity index (χ3v) is 7.44. The SMILES string of the molecule is CC(C)(C)C(=O)COc1ccc2c(c1)CC(N(Cc1ccccc1)CC(O)c1cccc(Cl)c1)CCC2.Cl. The number of aliphatic hydroxyl groups is 1. The van der Waals surface area contributed by atoms with E-state index in [-0.39, 0.29) is 30.8 Å². The van der Waals surface area contributed by atoms with Crippen LogP contribution in [-0.2, 0) is 24.2 Å². The first-order valence-corrected chi connectivity index (χ1v) is 13.6. The van der Waals surface area contributed by atoms with E-state index < -0.39 is 11.5 Å². The van der Waals surface area contributed by atoms with Crippen molar-refractivity contribution in [1.29, 1.82) is 0 Å². The first-order chi connectivity index (χ1) is 17.7. The van der Waals surface area contributed by atoms with E-state index in [2.05, 4.69) is 41.3 Å². The number of carbonyl (C=O) groups excluding carboxylic acids is 1. The summed E-state index contributed by atoms with van der Waals surface area (Å²) in [6.07, 6.45) is 3.38. The van der Waals surface area contributed by atoms with Gasteiger partial charge in [-0.25, -0.2) is 0 Å². The summed E-state index contributed by atoms with van der Waals surface area (Å²) in [5, 5.41) is 11.8. The summed E-state index contributed by atoms with van der Waals surface area (Å²) < 4.78 is 5.91. The number of ether oxygens (including phenoxy) is 1. The molecule has 0 saturated heterocycles. The molecule has 4 nitrogen and oxygen atoms in total. The van der Waals surface area contributed by atoms with Crippen LogP contribution in [0.25, 0.3) is 0 Å². The Morgan fingerprint density at radius 1 is 1.05 bits per heavy atom.